The number of anilines is 1. The van der Waals surface area contributed by atoms with Crippen LogP contribution in [0.15, 0.2) is 47.8 Å². The van der Waals surface area contributed by atoms with E-state index in [4.69, 9.17) is 21.3 Å². The third-order valence-corrected chi connectivity index (χ3v) is 7.03. The number of nitrogens with zero attached hydrogens (tertiary/aromatic N) is 2. The molecule has 2 aliphatic rings. The first-order valence-corrected chi connectivity index (χ1v) is 11.9. The number of halogens is 1. The summed E-state index contributed by atoms with van der Waals surface area (Å²) in [4.78, 5) is 31.4. The third-order valence-electron chi connectivity index (χ3n) is 5.83. The molecule has 1 aromatic heterocycles. The zero-order chi connectivity index (χ0) is 22.1. The molecule has 3 aromatic rings. The molecule has 2 aromatic carbocycles. The summed E-state index contributed by atoms with van der Waals surface area (Å²) in [7, 11) is 0. The molecule has 164 valence electrons. The third kappa shape index (κ3) is 4.23. The number of amides is 2. The molecule has 8 heteroatoms. The lowest BCUT2D eigenvalue weighted by molar-refractivity contribution is -0.125. The van der Waals surface area contributed by atoms with Gasteiger partial charge in [-0.1, -0.05) is 42.6 Å². The molecule has 1 aliphatic heterocycles. The number of carbonyl (C=O) groups excluding carboxylic acids is 2. The van der Waals surface area contributed by atoms with Gasteiger partial charge >= 0.3 is 0 Å². The minimum Gasteiger partial charge on any atom is -0.482 e. The van der Waals surface area contributed by atoms with E-state index in [0.717, 1.165) is 47.5 Å². The molecule has 1 aliphatic carbocycles. The number of aromatic nitrogens is 1. The van der Waals surface area contributed by atoms with Crippen LogP contribution in [0.5, 0.6) is 5.75 Å². The summed E-state index contributed by atoms with van der Waals surface area (Å²) in [6.45, 7) is -0.0898. The smallest absolute Gasteiger partial charge is 0.265 e. The van der Waals surface area contributed by atoms with Gasteiger partial charge in [0.15, 0.2) is 6.61 Å². The van der Waals surface area contributed by atoms with Gasteiger partial charge in [0.05, 0.1) is 16.4 Å². The van der Waals surface area contributed by atoms with Crippen molar-refractivity contribution in [2.45, 2.75) is 31.7 Å². The van der Waals surface area contributed by atoms with Crippen LogP contribution in [-0.4, -0.2) is 36.0 Å². The monoisotopic (exact) mass is 467 g/mol. The largest absolute Gasteiger partial charge is 0.482 e. The van der Waals surface area contributed by atoms with Crippen molar-refractivity contribution in [2.24, 2.45) is 0 Å². The first kappa shape index (κ1) is 21.0. The summed E-state index contributed by atoms with van der Waals surface area (Å²) in [5.74, 6) is 0.216. The molecule has 0 bridgehead atoms. The van der Waals surface area contributed by atoms with Crippen LogP contribution >= 0.6 is 22.9 Å². The Bertz CT molecular complexity index is 1170. The highest BCUT2D eigenvalue weighted by Crippen LogP contribution is 2.38. The molecule has 0 spiro atoms. The van der Waals surface area contributed by atoms with Crippen LogP contribution in [0.1, 0.15) is 25.7 Å². The van der Waals surface area contributed by atoms with Crippen molar-refractivity contribution >= 4 is 40.4 Å². The number of hydrogen-bond donors (Lipinski definition) is 1. The Labute approximate surface area is 195 Å². The highest BCUT2D eigenvalue weighted by molar-refractivity contribution is 7.13. The van der Waals surface area contributed by atoms with Gasteiger partial charge in [0, 0.05) is 22.5 Å². The number of fused-ring (bicyclic) bond motifs is 1. The number of benzene rings is 2. The Morgan fingerprint density at radius 2 is 2.03 bits per heavy atom. The standard InChI is InChI=1S/C24H22ClN3O3S/c25-18-8-4-3-7-17(18)24-27-19(14-32-24)15-9-10-21-20(11-15)28(23(30)13-31-21)12-22(29)26-16-5-1-2-6-16/h3-4,7-11,14,16H,1-2,5-6,12-13H2,(H,26,29). The Balaban J connectivity index is 1.41. The van der Waals surface area contributed by atoms with Crippen LogP contribution < -0.4 is 15.0 Å². The summed E-state index contributed by atoms with van der Waals surface area (Å²) in [6, 6.07) is 13.4. The molecule has 0 atom stereocenters. The molecule has 2 amide bonds. The van der Waals surface area contributed by atoms with Crippen molar-refractivity contribution in [3.05, 3.63) is 52.9 Å². The van der Waals surface area contributed by atoms with E-state index < -0.39 is 0 Å². The van der Waals surface area contributed by atoms with E-state index in [-0.39, 0.29) is 31.0 Å². The maximum absolute atomic E-state index is 12.6. The van der Waals surface area contributed by atoms with Crippen LogP contribution in [0.2, 0.25) is 5.02 Å². The quantitative estimate of drug-likeness (QED) is 0.578. The zero-order valence-corrected chi connectivity index (χ0v) is 18.9. The Morgan fingerprint density at radius 1 is 1.22 bits per heavy atom. The normalized spacial score (nSPS) is 16.0. The second kappa shape index (κ2) is 8.92. The molecule has 5 rings (SSSR count). The lowest BCUT2D eigenvalue weighted by atomic mass is 10.1. The van der Waals surface area contributed by atoms with E-state index in [1.165, 1.54) is 16.2 Å². The van der Waals surface area contributed by atoms with Crippen LogP contribution in [0.4, 0.5) is 5.69 Å². The van der Waals surface area contributed by atoms with E-state index in [2.05, 4.69) is 5.32 Å². The topological polar surface area (TPSA) is 71.5 Å². The zero-order valence-electron chi connectivity index (χ0n) is 17.3. The van der Waals surface area contributed by atoms with Gasteiger partial charge in [-0.15, -0.1) is 11.3 Å². The van der Waals surface area contributed by atoms with Gasteiger partial charge < -0.3 is 10.1 Å². The molecule has 1 saturated carbocycles. The number of nitrogens with one attached hydrogen (secondary N) is 1. The maximum atomic E-state index is 12.6. The average molecular weight is 468 g/mol. The SMILES string of the molecule is O=C(CN1C(=O)COc2ccc(-c3csc(-c4ccccc4Cl)n3)cc21)NC1CCCC1. The minimum atomic E-state index is -0.230. The second-order valence-electron chi connectivity index (χ2n) is 8.02. The van der Waals surface area contributed by atoms with Crippen molar-refractivity contribution in [1.29, 1.82) is 0 Å². The fourth-order valence-electron chi connectivity index (χ4n) is 4.19. The van der Waals surface area contributed by atoms with Crippen molar-refractivity contribution in [1.82, 2.24) is 10.3 Å². The highest BCUT2D eigenvalue weighted by Gasteiger charge is 2.29. The van der Waals surface area contributed by atoms with E-state index in [1.807, 2.05) is 47.8 Å². The molecule has 32 heavy (non-hydrogen) atoms. The summed E-state index contributed by atoms with van der Waals surface area (Å²) in [5, 5.41) is 6.49. The van der Waals surface area contributed by atoms with Crippen LogP contribution in [0, 0.1) is 0 Å². The Kier molecular flexibility index (Phi) is 5.85. The number of hydrogen-bond acceptors (Lipinski definition) is 5. The number of ether oxygens (including phenoxy) is 1. The molecule has 0 unspecified atom stereocenters. The van der Waals surface area contributed by atoms with Gasteiger partial charge in [0.2, 0.25) is 5.91 Å². The van der Waals surface area contributed by atoms with Gasteiger partial charge in [-0.05, 0) is 37.1 Å². The van der Waals surface area contributed by atoms with E-state index >= 15 is 0 Å². The van der Waals surface area contributed by atoms with Crippen LogP contribution in [0.3, 0.4) is 0 Å². The molecule has 2 heterocycles. The number of thiazole rings is 1. The second-order valence-corrected chi connectivity index (χ2v) is 9.28. The minimum absolute atomic E-state index is 0.0168. The molecule has 1 fully saturated rings. The predicted octanol–water partition coefficient (Wildman–Crippen LogP) is 4.91. The van der Waals surface area contributed by atoms with E-state index in [0.29, 0.717) is 16.5 Å². The molecule has 0 radical (unpaired) electrons. The van der Waals surface area contributed by atoms with Gasteiger partial charge in [-0.3, -0.25) is 14.5 Å². The first-order valence-electron chi connectivity index (χ1n) is 10.7. The molecular weight excluding hydrogens is 446 g/mol. The summed E-state index contributed by atoms with van der Waals surface area (Å²) in [6.07, 6.45) is 4.27. The van der Waals surface area contributed by atoms with Crippen molar-refractivity contribution in [3.8, 4) is 27.6 Å². The van der Waals surface area contributed by atoms with E-state index in [1.54, 1.807) is 0 Å². The number of rotatable bonds is 5. The van der Waals surface area contributed by atoms with E-state index in [9.17, 15) is 9.59 Å². The molecule has 1 N–H and O–H groups in total. The fraction of sp³-hybridized carbons (Fsp3) is 0.292. The number of carbonyl (C=O) groups is 2. The lowest BCUT2D eigenvalue weighted by Crippen LogP contribution is -2.46. The van der Waals surface area contributed by atoms with Crippen LogP contribution in [0.25, 0.3) is 21.8 Å². The first-order chi connectivity index (χ1) is 15.6. The maximum Gasteiger partial charge on any atom is 0.265 e. The predicted molar refractivity (Wildman–Crippen MR) is 126 cm³/mol. The van der Waals surface area contributed by atoms with Crippen molar-refractivity contribution in [2.75, 3.05) is 18.1 Å². The lowest BCUT2D eigenvalue weighted by Gasteiger charge is -2.29. The summed E-state index contributed by atoms with van der Waals surface area (Å²) >= 11 is 7.83. The van der Waals surface area contributed by atoms with Gasteiger partial charge in [-0.2, -0.15) is 0 Å². The van der Waals surface area contributed by atoms with Crippen molar-refractivity contribution in [3.63, 3.8) is 0 Å². The fourth-order valence-corrected chi connectivity index (χ4v) is 5.34. The van der Waals surface area contributed by atoms with Gasteiger partial charge in [0.1, 0.15) is 17.3 Å². The van der Waals surface area contributed by atoms with Gasteiger partial charge in [-0.25, -0.2) is 4.98 Å². The summed E-state index contributed by atoms with van der Waals surface area (Å²) < 4.78 is 5.60. The highest BCUT2D eigenvalue weighted by atomic mass is 35.5. The summed E-state index contributed by atoms with van der Waals surface area (Å²) in [5.41, 5.74) is 3.10. The average Bonchev–Trinajstić information content (AvgIpc) is 3.48. The van der Waals surface area contributed by atoms with Gasteiger partial charge in [0.25, 0.3) is 5.91 Å². The Hall–Kier alpha value is -2.90. The van der Waals surface area contributed by atoms with Crippen molar-refractivity contribution < 1.29 is 14.3 Å². The molecule has 6 nitrogen and oxygen atoms in total. The van der Waals surface area contributed by atoms with Crippen LogP contribution in [-0.2, 0) is 9.59 Å². The Morgan fingerprint density at radius 3 is 2.84 bits per heavy atom. The molecule has 0 saturated heterocycles. The molecular formula is C24H22ClN3O3S.